The number of guanidine groups is 1. The number of aromatic nitrogens is 3. The first-order chi connectivity index (χ1) is 14.0. The van der Waals surface area contributed by atoms with Crippen molar-refractivity contribution in [3.05, 3.63) is 41.5 Å². The minimum Gasteiger partial charge on any atom is -0.493 e. The number of rotatable bonds is 11. The molecule has 0 aliphatic rings. The monoisotopic (exact) mass is 400 g/mol. The van der Waals surface area contributed by atoms with E-state index in [-0.39, 0.29) is 0 Å². The summed E-state index contributed by atoms with van der Waals surface area (Å²) in [4.78, 5) is 4.32. The molecule has 0 aliphatic heterocycles. The predicted octanol–water partition coefficient (Wildman–Crippen LogP) is 3.33. The molecule has 2 rings (SSSR count). The molecule has 29 heavy (non-hydrogen) atoms. The molecule has 0 spiro atoms. The molecule has 1 heterocycles. The van der Waals surface area contributed by atoms with Crippen LogP contribution in [0.2, 0.25) is 0 Å². The summed E-state index contributed by atoms with van der Waals surface area (Å²) in [6, 6.07) is 6.35. The van der Waals surface area contributed by atoms with Gasteiger partial charge in [0, 0.05) is 38.7 Å². The largest absolute Gasteiger partial charge is 0.493 e. The molecule has 7 nitrogen and oxygen atoms in total. The van der Waals surface area contributed by atoms with Crippen LogP contribution < -0.4 is 15.4 Å². The lowest BCUT2D eigenvalue weighted by Crippen LogP contribution is -2.38. The van der Waals surface area contributed by atoms with Crippen molar-refractivity contribution in [1.82, 2.24) is 25.4 Å². The van der Waals surface area contributed by atoms with Gasteiger partial charge in [-0.1, -0.05) is 32.9 Å². The maximum absolute atomic E-state index is 6.07. The van der Waals surface area contributed by atoms with E-state index >= 15 is 0 Å². The average molecular weight is 401 g/mol. The lowest BCUT2D eigenvalue weighted by Gasteiger charge is -2.16. The Bertz CT molecular complexity index is 768. The summed E-state index contributed by atoms with van der Waals surface area (Å²) in [5, 5.41) is 14.8. The van der Waals surface area contributed by atoms with Crippen molar-refractivity contribution in [2.75, 3.05) is 20.2 Å². The number of benzene rings is 1. The topological polar surface area (TPSA) is 76.4 Å². The highest BCUT2D eigenvalue weighted by Gasteiger charge is 2.07. The third kappa shape index (κ3) is 7.75. The lowest BCUT2D eigenvalue weighted by molar-refractivity contribution is 0.294. The molecule has 0 saturated heterocycles. The van der Waals surface area contributed by atoms with Gasteiger partial charge in [0.1, 0.15) is 17.9 Å². The van der Waals surface area contributed by atoms with Crippen LogP contribution in [0.5, 0.6) is 5.75 Å². The van der Waals surface area contributed by atoms with E-state index in [9.17, 15) is 0 Å². The fraction of sp³-hybridized carbons (Fsp3) is 0.591. The fourth-order valence-corrected chi connectivity index (χ4v) is 3.05. The molecule has 0 amide bonds. The van der Waals surface area contributed by atoms with Gasteiger partial charge in [-0.05, 0) is 37.3 Å². The zero-order valence-electron chi connectivity index (χ0n) is 18.5. The van der Waals surface area contributed by atoms with E-state index in [0.29, 0.717) is 12.5 Å². The number of nitrogens with zero attached hydrogens (tertiary/aromatic N) is 4. The van der Waals surface area contributed by atoms with E-state index in [2.05, 4.69) is 76.3 Å². The second-order valence-electron chi connectivity index (χ2n) is 7.64. The van der Waals surface area contributed by atoms with E-state index in [1.165, 1.54) is 12.0 Å². The second kappa shape index (κ2) is 12.1. The Balaban J connectivity index is 1.84. The van der Waals surface area contributed by atoms with Crippen molar-refractivity contribution in [2.45, 2.75) is 60.0 Å². The van der Waals surface area contributed by atoms with E-state index in [1.54, 1.807) is 13.4 Å². The molecule has 1 aromatic heterocycles. The summed E-state index contributed by atoms with van der Waals surface area (Å²) in [6.45, 7) is 11.6. The van der Waals surface area contributed by atoms with Gasteiger partial charge in [-0.2, -0.15) is 0 Å². The van der Waals surface area contributed by atoms with Crippen LogP contribution in [-0.2, 0) is 19.5 Å². The van der Waals surface area contributed by atoms with Crippen molar-refractivity contribution in [1.29, 1.82) is 0 Å². The fourth-order valence-electron chi connectivity index (χ4n) is 3.05. The summed E-state index contributed by atoms with van der Waals surface area (Å²) in [7, 11) is 1.78. The Labute approximate surface area is 175 Å². The number of aliphatic imine (C=N–C) groups is 1. The highest BCUT2D eigenvalue weighted by atomic mass is 16.5. The number of nitrogens with one attached hydrogen (secondary N) is 2. The van der Waals surface area contributed by atoms with Gasteiger partial charge < -0.3 is 19.9 Å². The van der Waals surface area contributed by atoms with Crippen LogP contribution in [0.4, 0.5) is 0 Å². The molecule has 0 radical (unpaired) electrons. The third-order valence-electron chi connectivity index (χ3n) is 4.73. The number of hydrogen-bond donors (Lipinski definition) is 2. The van der Waals surface area contributed by atoms with Crippen LogP contribution in [-0.4, -0.2) is 40.9 Å². The first-order valence-electron chi connectivity index (χ1n) is 10.6. The summed E-state index contributed by atoms with van der Waals surface area (Å²) < 4.78 is 8.13. The zero-order chi connectivity index (χ0) is 21.1. The van der Waals surface area contributed by atoms with Crippen LogP contribution in [0.3, 0.4) is 0 Å². The number of ether oxygens (including phenoxy) is 1. The minimum absolute atomic E-state index is 0.659. The molecule has 1 aromatic carbocycles. The predicted molar refractivity (Wildman–Crippen MR) is 118 cm³/mol. The Kier molecular flexibility index (Phi) is 9.47. The van der Waals surface area contributed by atoms with Crippen LogP contribution in [0, 0.1) is 12.8 Å². The number of aryl methyl sites for hydroxylation is 2. The van der Waals surface area contributed by atoms with Crippen molar-refractivity contribution in [3.63, 3.8) is 0 Å². The molecule has 0 saturated carbocycles. The Hall–Kier alpha value is -2.57. The van der Waals surface area contributed by atoms with Gasteiger partial charge in [-0.3, -0.25) is 4.99 Å². The first-order valence-corrected chi connectivity index (χ1v) is 10.6. The quantitative estimate of drug-likeness (QED) is 0.344. The molecule has 0 fully saturated rings. The Morgan fingerprint density at radius 3 is 2.83 bits per heavy atom. The highest BCUT2D eigenvalue weighted by molar-refractivity contribution is 5.79. The minimum atomic E-state index is 0.659. The van der Waals surface area contributed by atoms with Crippen molar-refractivity contribution >= 4 is 5.96 Å². The molecular weight excluding hydrogens is 364 g/mol. The second-order valence-corrected chi connectivity index (χ2v) is 7.64. The van der Waals surface area contributed by atoms with Gasteiger partial charge in [0.15, 0.2) is 5.96 Å². The Morgan fingerprint density at radius 1 is 1.28 bits per heavy atom. The average Bonchev–Trinajstić information content (AvgIpc) is 3.16. The van der Waals surface area contributed by atoms with E-state index in [1.807, 2.05) is 0 Å². The smallest absolute Gasteiger partial charge is 0.191 e. The molecule has 2 aromatic rings. The zero-order valence-corrected chi connectivity index (χ0v) is 18.5. The van der Waals surface area contributed by atoms with Gasteiger partial charge in [-0.25, -0.2) is 0 Å². The van der Waals surface area contributed by atoms with Crippen LogP contribution in [0.15, 0.2) is 29.5 Å². The standard InChI is InChI=1S/C22H36N6O/c1-6-21-27-26-16-28(21)12-11-24-22(23-5)25-15-19-10-9-18(4)14-20(19)29-13-7-8-17(2)3/h9-10,14,16-17H,6-8,11-13,15H2,1-5H3,(H2,23,24,25). The van der Waals surface area contributed by atoms with E-state index in [4.69, 9.17) is 4.74 Å². The van der Waals surface area contributed by atoms with Crippen LogP contribution in [0.1, 0.15) is 50.6 Å². The molecule has 0 bridgehead atoms. The van der Waals surface area contributed by atoms with Gasteiger partial charge in [0.2, 0.25) is 0 Å². The molecule has 160 valence electrons. The van der Waals surface area contributed by atoms with E-state index in [0.717, 1.165) is 55.6 Å². The summed E-state index contributed by atoms with van der Waals surface area (Å²) in [5.74, 6) is 3.42. The highest BCUT2D eigenvalue weighted by Crippen LogP contribution is 2.21. The van der Waals surface area contributed by atoms with E-state index < -0.39 is 0 Å². The molecular formula is C22H36N6O. The maximum atomic E-state index is 6.07. The van der Waals surface area contributed by atoms with Crippen molar-refractivity contribution in [3.8, 4) is 5.75 Å². The van der Waals surface area contributed by atoms with Crippen molar-refractivity contribution in [2.24, 2.45) is 10.9 Å². The lowest BCUT2D eigenvalue weighted by atomic mass is 10.1. The summed E-state index contributed by atoms with van der Waals surface area (Å²) in [6.07, 6.45) is 4.90. The van der Waals surface area contributed by atoms with Gasteiger partial charge in [0.05, 0.1) is 6.61 Å². The van der Waals surface area contributed by atoms with Gasteiger partial charge in [0.25, 0.3) is 0 Å². The molecule has 7 heteroatoms. The normalized spacial score (nSPS) is 11.7. The molecule has 0 unspecified atom stereocenters. The molecule has 0 aliphatic carbocycles. The first kappa shape index (κ1) is 22.7. The summed E-state index contributed by atoms with van der Waals surface area (Å²) >= 11 is 0. The van der Waals surface area contributed by atoms with Crippen molar-refractivity contribution < 1.29 is 4.74 Å². The van der Waals surface area contributed by atoms with Crippen LogP contribution in [0.25, 0.3) is 0 Å². The molecule has 2 N–H and O–H groups in total. The number of hydrogen-bond acceptors (Lipinski definition) is 4. The van der Waals surface area contributed by atoms with Crippen LogP contribution >= 0.6 is 0 Å². The maximum Gasteiger partial charge on any atom is 0.191 e. The SMILES string of the molecule is CCc1nncn1CCNC(=NC)NCc1ccc(C)cc1OCCCC(C)C. The Morgan fingerprint density at radius 2 is 2.10 bits per heavy atom. The summed E-state index contributed by atoms with van der Waals surface area (Å²) in [5.41, 5.74) is 2.34. The third-order valence-corrected chi connectivity index (χ3v) is 4.73. The van der Waals surface area contributed by atoms with Gasteiger partial charge in [-0.15, -0.1) is 10.2 Å². The van der Waals surface area contributed by atoms with Gasteiger partial charge >= 0.3 is 0 Å². The molecule has 0 atom stereocenters.